The Morgan fingerprint density at radius 2 is 2.32 bits per heavy atom. The Hall–Kier alpha value is -1.41. The zero-order valence-electron chi connectivity index (χ0n) is 10.6. The molecule has 0 spiro atoms. The quantitative estimate of drug-likeness (QED) is 0.852. The van der Waals surface area contributed by atoms with Crippen molar-refractivity contribution in [3.05, 3.63) is 21.9 Å². The molecule has 3 heterocycles. The molecule has 1 unspecified atom stereocenters. The Bertz CT molecular complexity index is 838. The number of rotatable bonds is 2. The van der Waals surface area contributed by atoms with E-state index in [0.29, 0.717) is 4.77 Å². The molecule has 0 aromatic carbocycles. The maximum atomic E-state index is 11.6. The van der Waals surface area contributed by atoms with E-state index in [0.717, 1.165) is 23.3 Å². The highest BCUT2D eigenvalue weighted by Gasteiger charge is 2.27. The van der Waals surface area contributed by atoms with E-state index >= 15 is 0 Å². The van der Waals surface area contributed by atoms with Gasteiger partial charge < -0.3 is 4.98 Å². The lowest BCUT2D eigenvalue weighted by atomic mass is 10.3. The van der Waals surface area contributed by atoms with E-state index in [1.807, 2.05) is 18.5 Å². The van der Waals surface area contributed by atoms with Gasteiger partial charge in [0.05, 0.1) is 17.5 Å². The van der Waals surface area contributed by atoms with E-state index in [1.54, 1.807) is 10.8 Å². The molecule has 8 heteroatoms. The van der Waals surface area contributed by atoms with Crippen LogP contribution in [0.4, 0.5) is 0 Å². The van der Waals surface area contributed by atoms with Gasteiger partial charge in [0.15, 0.2) is 20.3 Å². The van der Waals surface area contributed by atoms with Gasteiger partial charge in [-0.1, -0.05) is 6.92 Å². The fraction of sp³-hybridized carbons (Fsp3) is 0.455. The zero-order chi connectivity index (χ0) is 13.8. The summed E-state index contributed by atoms with van der Waals surface area (Å²) in [6, 6.07) is -0.258. The van der Waals surface area contributed by atoms with Crippen molar-refractivity contribution in [1.82, 2.24) is 19.3 Å². The van der Waals surface area contributed by atoms with Crippen molar-refractivity contribution in [2.45, 2.75) is 19.4 Å². The molecule has 0 bridgehead atoms. The molecule has 2 aromatic heterocycles. The number of aromatic amines is 1. The molecule has 1 aliphatic rings. The summed E-state index contributed by atoms with van der Waals surface area (Å²) in [5, 5.41) is 5.68. The number of nitrogens with one attached hydrogen (secondary N) is 1. The van der Waals surface area contributed by atoms with Gasteiger partial charge in [-0.25, -0.2) is 8.42 Å². The average Bonchev–Trinajstić information content (AvgIpc) is 2.93. The highest BCUT2D eigenvalue weighted by atomic mass is 32.2. The van der Waals surface area contributed by atoms with Crippen LogP contribution in [0.3, 0.4) is 0 Å². The molecule has 0 saturated heterocycles. The summed E-state index contributed by atoms with van der Waals surface area (Å²) in [6.07, 6.45) is 2.47. The lowest BCUT2D eigenvalue weighted by Crippen LogP contribution is -2.13. The van der Waals surface area contributed by atoms with Gasteiger partial charge in [0.25, 0.3) is 0 Å². The Morgan fingerprint density at radius 1 is 1.58 bits per heavy atom. The number of sulfone groups is 1. The first-order valence-electron chi connectivity index (χ1n) is 6.00. The largest absolute Gasteiger partial charge is 0.328 e. The molecule has 0 fully saturated rings. The minimum absolute atomic E-state index is 0.0564. The molecule has 6 nitrogen and oxygen atoms in total. The fourth-order valence-corrected chi connectivity index (χ4v) is 4.10. The third kappa shape index (κ3) is 1.86. The molecule has 0 aliphatic carbocycles. The number of fused-ring (bicyclic) bond motifs is 1. The van der Waals surface area contributed by atoms with Gasteiger partial charge in [-0.05, 0) is 24.7 Å². The Morgan fingerprint density at radius 3 is 2.89 bits per heavy atom. The number of allylic oxidation sites excluding steroid dienone is 1. The van der Waals surface area contributed by atoms with Gasteiger partial charge in [-0.2, -0.15) is 5.10 Å². The number of hydrogen-bond acceptors (Lipinski definition) is 4. The van der Waals surface area contributed by atoms with E-state index in [-0.39, 0.29) is 11.8 Å². The van der Waals surface area contributed by atoms with Gasteiger partial charge in [-0.3, -0.25) is 9.25 Å². The monoisotopic (exact) mass is 298 g/mol. The number of hydrogen-bond donors (Lipinski definition) is 1. The lowest BCUT2D eigenvalue weighted by molar-refractivity contribution is 0.590. The predicted octanol–water partition coefficient (Wildman–Crippen LogP) is 1.48. The van der Waals surface area contributed by atoms with Gasteiger partial charge in [0.2, 0.25) is 0 Å². The standard InChI is InChI=1S/C11H14N4O2S2/c1-3-8-9-10(14(2)13-8)15(11(18)12-9)7-4-5-19(16,17)6-7/h4-5,7H,3,6H2,1-2H3,(H,12,18). The van der Waals surface area contributed by atoms with Crippen LogP contribution in [0, 0.1) is 4.77 Å². The zero-order valence-corrected chi connectivity index (χ0v) is 12.3. The van der Waals surface area contributed by atoms with Crippen LogP contribution in [0.25, 0.3) is 11.2 Å². The van der Waals surface area contributed by atoms with Crippen molar-refractivity contribution in [3.8, 4) is 0 Å². The number of H-pyrrole nitrogens is 1. The summed E-state index contributed by atoms with van der Waals surface area (Å²) in [7, 11) is -1.27. The van der Waals surface area contributed by atoms with Crippen LogP contribution >= 0.6 is 12.2 Å². The van der Waals surface area contributed by atoms with Crippen molar-refractivity contribution in [2.24, 2.45) is 7.05 Å². The summed E-state index contributed by atoms with van der Waals surface area (Å²) >= 11 is 5.32. The van der Waals surface area contributed by atoms with Crippen molar-refractivity contribution in [3.63, 3.8) is 0 Å². The molecule has 0 saturated carbocycles. The van der Waals surface area contributed by atoms with Crippen LogP contribution in [0.15, 0.2) is 11.5 Å². The summed E-state index contributed by atoms with van der Waals surface area (Å²) in [6.45, 7) is 2.02. The van der Waals surface area contributed by atoms with E-state index in [9.17, 15) is 8.42 Å². The molecule has 1 aliphatic heterocycles. The number of imidazole rings is 1. The Balaban J connectivity index is 2.25. The molecule has 102 valence electrons. The van der Waals surface area contributed by atoms with Crippen molar-refractivity contribution in [2.75, 3.05) is 5.75 Å². The summed E-state index contributed by atoms with van der Waals surface area (Å²) in [5.41, 5.74) is 2.67. The van der Waals surface area contributed by atoms with Gasteiger partial charge in [0.1, 0.15) is 5.52 Å². The molecule has 19 heavy (non-hydrogen) atoms. The van der Waals surface area contributed by atoms with Crippen LogP contribution in [0.1, 0.15) is 18.7 Å². The van der Waals surface area contributed by atoms with Crippen molar-refractivity contribution >= 4 is 33.2 Å². The first-order valence-corrected chi connectivity index (χ1v) is 8.12. The maximum Gasteiger partial charge on any atom is 0.179 e. The molecule has 3 rings (SSSR count). The SMILES string of the molecule is CCc1nn(C)c2c1[nH]c(=S)n2C1C=CS(=O)(=O)C1. The molecular formula is C11H14N4O2S2. The van der Waals surface area contributed by atoms with Crippen LogP contribution < -0.4 is 0 Å². The second-order valence-electron chi connectivity index (χ2n) is 4.65. The molecule has 1 N–H and O–H groups in total. The first kappa shape index (κ1) is 12.6. The van der Waals surface area contributed by atoms with E-state index in [4.69, 9.17) is 12.2 Å². The average molecular weight is 298 g/mol. The smallest absolute Gasteiger partial charge is 0.179 e. The molecular weight excluding hydrogens is 284 g/mol. The summed E-state index contributed by atoms with van der Waals surface area (Å²) < 4.78 is 27.2. The van der Waals surface area contributed by atoms with Crippen LogP contribution in [0.2, 0.25) is 0 Å². The summed E-state index contributed by atoms with van der Waals surface area (Å²) in [5.74, 6) is 0.0564. The van der Waals surface area contributed by atoms with E-state index in [2.05, 4.69) is 10.1 Å². The maximum absolute atomic E-state index is 11.6. The molecule has 0 radical (unpaired) electrons. The normalized spacial score (nSPS) is 21.5. The van der Waals surface area contributed by atoms with Crippen molar-refractivity contribution < 1.29 is 8.42 Å². The second-order valence-corrected chi connectivity index (χ2v) is 6.97. The highest BCUT2D eigenvalue weighted by Crippen LogP contribution is 2.27. The first-order chi connectivity index (χ1) is 8.93. The van der Waals surface area contributed by atoms with Gasteiger partial charge >= 0.3 is 0 Å². The van der Waals surface area contributed by atoms with E-state index in [1.165, 1.54) is 5.41 Å². The van der Waals surface area contributed by atoms with Gasteiger partial charge in [0, 0.05) is 12.5 Å². The number of aromatic nitrogens is 4. The van der Waals surface area contributed by atoms with Crippen molar-refractivity contribution in [1.29, 1.82) is 0 Å². The van der Waals surface area contributed by atoms with Crippen LogP contribution in [0.5, 0.6) is 0 Å². The number of aryl methyl sites for hydroxylation is 2. The second kappa shape index (κ2) is 4.04. The minimum Gasteiger partial charge on any atom is -0.328 e. The van der Waals surface area contributed by atoms with E-state index < -0.39 is 9.84 Å². The van der Waals surface area contributed by atoms with Crippen LogP contribution in [-0.4, -0.2) is 33.5 Å². The lowest BCUT2D eigenvalue weighted by Gasteiger charge is -2.10. The minimum atomic E-state index is -3.11. The Labute approximate surface area is 115 Å². The van der Waals surface area contributed by atoms with Crippen LogP contribution in [-0.2, 0) is 23.3 Å². The predicted molar refractivity (Wildman–Crippen MR) is 75.2 cm³/mol. The molecule has 1 atom stereocenters. The highest BCUT2D eigenvalue weighted by molar-refractivity contribution is 7.94. The third-order valence-electron chi connectivity index (χ3n) is 3.35. The molecule has 2 aromatic rings. The van der Waals surface area contributed by atoms with Gasteiger partial charge in [-0.15, -0.1) is 0 Å². The number of nitrogens with zero attached hydrogens (tertiary/aromatic N) is 3. The Kier molecular flexibility index (Phi) is 2.68. The summed E-state index contributed by atoms with van der Waals surface area (Å²) in [4.78, 5) is 3.14. The third-order valence-corrected chi connectivity index (χ3v) is 5.02. The topological polar surface area (TPSA) is 72.7 Å². The molecule has 0 amide bonds. The fourth-order valence-electron chi connectivity index (χ4n) is 2.51.